The van der Waals surface area contributed by atoms with Crippen LogP contribution in [0.1, 0.15) is 61.8 Å². The largest absolute Gasteiger partial charge is 0.343 e. The number of amides is 2. The second kappa shape index (κ2) is 10.2. The van der Waals surface area contributed by atoms with Crippen molar-refractivity contribution in [3.05, 3.63) is 71.3 Å². The summed E-state index contributed by atoms with van der Waals surface area (Å²) in [5.74, 6) is -0.349. The van der Waals surface area contributed by atoms with Crippen LogP contribution in [0, 0.1) is 11.3 Å². The fourth-order valence-electron chi connectivity index (χ4n) is 3.93. The van der Waals surface area contributed by atoms with Crippen LogP contribution in [-0.2, 0) is 9.59 Å². The summed E-state index contributed by atoms with van der Waals surface area (Å²) in [5.41, 5.74) is 3.03. The van der Waals surface area contributed by atoms with Gasteiger partial charge < -0.3 is 10.2 Å². The molecule has 1 aliphatic rings. The molecule has 2 aromatic carbocycles. The molecule has 6 heteroatoms. The molecule has 0 aliphatic carbocycles. The molecule has 1 heterocycles. The minimum Gasteiger partial charge on any atom is -0.343 e. The number of hydrogen-bond acceptors (Lipinski definition) is 3. The van der Waals surface area contributed by atoms with Crippen LogP contribution in [0.2, 0.25) is 0 Å². The molecule has 0 aromatic heterocycles. The lowest BCUT2D eigenvalue weighted by molar-refractivity contribution is -0.138. The van der Waals surface area contributed by atoms with Gasteiger partial charge in [0.05, 0.1) is 18.7 Å². The third-order valence-corrected chi connectivity index (χ3v) is 5.68. The van der Waals surface area contributed by atoms with Crippen molar-refractivity contribution in [1.29, 1.82) is 5.26 Å². The number of carbonyl (C=O) groups is 2. The van der Waals surface area contributed by atoms with Crippen molar-refractivity contribution in [2.75, 3.05) is 6.54 Å². The molecule has 31 heavy (non-hydrogen) atoms. The van der Waals surface area contributed by atoms with Crippen molar-refractivity contribution in [3.8, 4) is 6.07 Å². The molecule has 162 valence electrons. The number of nitriles is 1. The van der Waals surface area contributed by atoms with Crippen LogP contribution in [0.3, 0.4) is 0 Å². The minimum absolute atomic E-state index is 0.00816. The first-order chi connectivity index (χ1) is 14.9. The van der Waals surface area contributed by atoms with Crippen molar-refractivity contribution < 1.29 is 14.0 Å². The van der Waals surface area contributed by atoms with E-state index in [9.17, 15) is 14.0 Å². The molecule has 1 N–H and O–H groups in total. The molecule has 1 aliphatic heterocycles. The van der Waals surface area contributed by atoms with Crippen molar-refractivity contribution in [3.63, 3.8) is 0 Å². The highest BCUT2D eigenvalue weighted by molar-refractivity contribution is 5.89. The van der Waals surface area contributed by atoms with Gasteiger partial charge in [-0.2, -0.15) is 5.26 Å². The number of alkyl halides is 1. The van der Waals surface area contributed by atoms with E-state index in [0.717, 1.165) is 11.1 Å². The van der Waals surface area contributed by atoms with E-state index in [-0.39, 0.29) is 37.6 Å². The SMILES string of the molecule is CC(C)c1ccc([C@@H](NC(=O)[C@@H]2C[C@@H](F)CN2C(=O)CCC#N)c2ccccc2)cc1. The van der Waals surface area contributed by atoms with Crippen molar-refractivity contribution in [2.45, 2.75) is 57.3 Å². The van der Waals surface area contributed by atoms with E-state index in [1.54, 1.807) is 0 Å². The number of nitrogens with one attached hydrogen (secondary N) is 1. The number of rotatable bonds is 7. The quantitative estimate of drug-likeness (QED) is 0.726. The molecular weight excluding hydrogens is 393 g/mol. The second-order valence-electron chi connectivity index (χ2n) is 8.23. The summed E-state index contributed by atoms with van der Waals surface area (Å²) < 4.78 is 14.1. The first-order valence-electron chi connectivity index (χ1n) is 10.7. The van der Waals surface area contributed by atoms with Gasteiger partial charge in [-0.1, -0.05) is 68.4 Å². The van der Waals surface area contributed by atoms with E-state index in [2.05, 4.69) is 19.2 Å². The smallest absolute Gasteiger partial charge is 0.243 e. The maximum atomic E-state index is 14.1. The van der Waals surface area contributed by atoms with Crippen LogP contribution in [0.5, 0.6) is 0 Å². The number of likely N-dealkylation sites (tertiary alicyclic amines) is 1. The molecule has 1 fully saturated rings. The van der Waals surface area contributed by atoms with E-state index in [0.29, 0.717) is 5.92 Å². The Morgan fingerprint density at radius 2 is 1.71 bits per heavy atom. The minimum atomic E-state index is -1.25. The van der Waals surface area contributed by atoms with Crippen LogP contribution in [0.15, 0.2) is 54.6 Å². The normalized spacial score (nSPS) is 19.1. The van der Waals surface area contributed by atoms with Gasteiger partial charge in [-0.3, -0.25) is 9.59 Å². The molecule has 2 aromatic rings. The molecule has 1 saturated heterocycles. The van der Waals surface area contributed by atoms with E-state index in [4.69, 9.17) is 5.26 Å². The first kappa shape index (κ1) is 22.5. The molecular formula is C25H28FN3O2. The Morgan fingerprint density at radius 1 is 1.10 bits per heavy atom. The summed E-state index contributed by atoms with van der Waals surface area (Å²) in [6, 6.07) is 18.3. The molecule has 5 nitrogen and oxygen atoms in total. The molecule has 0 spiro atoms. The Bertz CT molecular complexity index is 937. The molecule has 3 atom stereocenters. The van der Waals surface area contributed by atoms with E-state index < -0.39 is 18.3 Å². The molecule has 0 unspecified atom stereocenters. The summed E-state index contributed by atoms with van der Waals surface area (Å²) in [7, 11) is 0. The van der Waals surface area contributed by atoms with Gasteiger partial charge in [0.25, 0.3) is 0 Å². The molecule has 2 amide bonds. The highest BCUT2D eigenvalue weighted by atomic mass is 19.1. The summed E-state index contributed by atoms with van der Waals surface area (Å²) >= 11 is 0. The summed E-state index contributed by atoms with van der Waals surface area (Å²) in [6.45, 7) is 4.13. The Balaban J connectivity index is 1.84. The van der Waals surface area contributed by atoms with Gasteiger partial charge in [-0.05, 0) is 22.6 Å². The second-order valence-corrected chi connectivity index (χ2v) is 8.23. The molecule has 3 rings (SSSR count). The Labute approximate surface area is 182 Å². The van der Waals surface area contributed by atoms with Gasteiger partial charge >= 0.3 is 0 Å². The van der Waals surface area contributed by atoms with Gasteiger partial charge in [0.2, 0.25) is 11.8 Å². The molecule has 0 saturated carbocycles. The van der Waals surface area contributed by atoms with Gasteiger partial charge in [0.1, 0.15) is 12.2 Å². The number of nitrogens with zero attached hydrogens (tertiary/aromatic N) is 2. The van der Waals surface area contributed by atoms with Crippen LogP contribution in [-0.4, -0.2) is 35.5 Å². The maximum Gasteiger partial charge on any atom is 0.243 e. The first-order valence-corrected chi connectivity index (χ1v) is 10.7. The zero-order valence-corrected chi connectivity index (χ0v) is 17.9. The summed E-state index contributed by atoms with van der Waals surface area (Å²) in [4.78, 5) is 26.9. The fraction of sp³-hybridized carbons (Fsp3) is 0.400. The predicted molar refractivity (Wildman–Crippen MR) is 117 cm³/mol. The standard InChI is InChI=1S/C25H28FN3O2/c1-17(2)18-10-12-20(13-11-18)24(19-7-4-3-5-8-19)28-25(31)22-15-21(26)16-29(22)23(30)9-6-14-27/h3-5,7-8,10-13,17,21-22,24H,6,9,15-16H2,1-2H3,(H,28,31)/t21-,22+,24+/m1/s1. The molecule has 0 bridgehead atoms. The Morgan fingerprint density at radius 3 is 2.32 bits per heavy atom. The lowest BCUT2D eigenvalue weighted by Gasteiger charge is -2.27. The van der Waals surface area contributed by atoms with Crippen molar-refractivity contribution in [2.24, 2.45) is 0 Å². The van der Waals surface area contributed by atoms with Gasteiger partial charge in [0, 0.05) is 19.3 Å². The fourth-order valence-corrected chi connectivity index (χ4v) is 3.93. The average molecular weight is 422 g/mol. The van der Waals surface area contributed by atoms with Crippen molar-refractivity contribution >= 4 is 11.8 Å². The lowest BCUT2D eigenvalue weighted by atomic mass is 9.95. The highest BCUT2D eigenvalue weighted by Gasteiger charge is 2.40. The van der Waals surface area contributed by atoms with Gasteiger partial charge in [0.15, 0.2) is 0 Å². The van der Waals surface area contributed by atoms with Gasteiger partial charge in [-0.15, -0.1) is 0 Å². The highest BCUT2D eigenvalue weighted by Crippen LogP contribution is 2.27. The lowest BCUT2D eigenvalue weighted by Crippen LogP contribution is -2.47. The number of benzene rings is 2. The van der Waals surface area contributed by atoms with Crippen LogP contribution < -0.4 is 5.32 Å². The number of hydrogen-bond donors (Lipinski definition) is 1. The van der Waals surface area contributed by atoms with E-state index in [1.807, 2.05) is 60.7 Å². The van der Waals surface area contributed by atoms with Crippen LogP contribution in [0.25, 0.3) is 0 Å². The zero-order chi connectivity index (χ0) is 22.4. The third-order valence-electron chi connectivity index (χ3n) is 5.68. The van der Waals surface area contributed by atoms with E-state index >= 15 is 0 Å². The zero-order valence-electron chi connectivity index (χ0n) is 17.9. The average Bonchev–Trinajstić information content (AvgIpc) is 3.18. The monoisotopic (exact) mass is 421 g/mol. The molecule has 0 radical (unpaired) electrons. The van der Waals surface area contributed by atoms with Gasteiger partial charge in [-0.25, -0.2) is 4.39 Å². The Hall–Kier alpha value is -3.20. The van der Waals surface area contributed by atoms with E-state index in [1.165, 1.54) is 10.5 Å². The predicted octanol–water partition coefficient (Wildman–Crippen LogP) is 4.26. The topological polar surface area (TPSA) is 73.2 Å². The Kier molecular flexibility index (Phi) is 7.41. The maximum absolute atomic E-state index is 14.1. The third kappa shape index (κ3) is 5.49. The number of carbonyl (C=O) groups excluding carboxylic acids is 2. The van der Waals surface area contributed by atoms with Crippen LogP contribution in [0.4, 0.5) is 4.39 Å². The summed E-state index contributed by atoms with van der Waals surface area (Å²) in [6.07, 6.45) is -1.23. The van der Waals surface area contributed by atoms with Crippen molar-refractivity contribution in [1.82, 2.24) is 10.2 Å². The number of halogens is 1. The summed E-state index contributed by atoms with van der Waals surface area (Å²) in [5, 5.41) is 11.8. The van der Waals surface area contributed by atoms with Crippen LogP contribution >= 0.6 is 0 Å².